The third-order valence-electron chi connectivity index (χ3n) is 3.99. The molecule has 0 bridgehead atoms. The molecule has 0 unspecified atom stereocenters. The average Bonchev–Trinajstić information content (AvgIpc) is 2.53. The highest BCUT2D eigenvalue weighted by atomic mass is 35.5. The fraction of sp³-hybridized carbons (Fsp3) is 0.684. The van der Waals surface area contributed by atoms with Crippen molar-refractivity contribution in [2.75, 3.05) is 17.6 Å². The molecule has 0 aliphatic rings. The summed E-state index contributed by atoms with van der Waals surface area (Å²) in [6.07, 6.45) is 13.8. The number of hydrogen-bond acceptors (Lipinski definition) is 3. The number of sulfonamides is 1. The van der Waals surface area contributed by atoms with E-state index in [4.69, 9.17) is 16.3 Å². The molecule has 1 aromatic carbocycles. The van der Waals surface area contributed by atoms with Gasteiger partial charge in [0, 0.05) is 5.02 Å². The van der Waals surface area contributed by atoms with Crippen LogP contribution in [0.25, 0.3) is 0 Å². The Morgan fingerprint density at radius 3 is 2.08 bits per heavy atom. The molecule has 0 heterocycles. The van der Waals surface area contributed by atoms with E-state index >= 15 is 0 Å². The molecule has 4 nitrogen and oxygen atoms in total. The van der Waals surface area contributed by atoms with Crippen LogP contribution in [0.5, 0.6) is 5.75 Å². The summed E-state index contributed by atoms with van der Waals surface area (Å²) < 4.78 is 31.0. The standard InChI is InChI=1S/C19H32ClNO3S/c1-3-4-5-6-7-8-9-10-11-12-15-24-19-14-13-17(20)16-18(19)21-25(2,22)23/h13-14,16,21H,3-12,15H2,1-2H3. The Balaban J connectivity index is 2.20. The van der Waals surface area contributed by atoms with Crippen LogP contribution in [0.4, 0.5) is 5.69 Å². The Bertz CT molecular complexity index is 590. The van der Waals surface area contributed by atoms with Crippen LogP contribution in [0.2, 0.25) is 5.02 Å². The van der Waals surface area contributed by atoms with Crippen molar-refractivity contribution in [3.63, 3.8) is 0 Å². The maximum atomic E-state index is 11.4. The van der Waals surface area contributed by atoms with E-state index in [-0.39, 0.29) is 0 Å². The fourth-order valence-corrected chi connectivity index (χ4v) is 3.41. The Hall–Kier alpha value is -0.940. The summed E-state index contributed by atoms with van der Waals surface area (Å²) in [5.74, 6) is 0.519. The predicted octanol–water partition coefficient (Wildman–Crippen LogP) is 6.01. The van der Waals surface area contributed by atoms with Crippen molar-refractivity contribution < 1.29 is 13.2 Å². The third-order valence-corrected chi connectivity index (χ3v) is 4.82. The molecule has 144 valence electrons. The Morgan fingerprint density at radius 2 is 1.52 bits per heavy atom. The number of halogens is 1. The molecule has 25 heavy (non-hydrogen) atoms. The summed E-state index contributed by atoms with van der Waals surface area (Å²) >= 11 is 5.93. The Labute approximate surface area is 158 Å². The molecule has 0 amide bonds. The van der Waals surface area contributed by atoms with Gasteiger partial charge in [-0.2, -0.15) is 0 Å². The summed E-state index contributed by atoms with van der Waals surface area (Å²) in [5, 5.41) is 0.470. The lowest BCUT2D eigenvalue weighted by Gasteiger charge is -2.12. The highest BCUT2D eigenvalue weighted by molar-refractivity contribution is 7.92. The first-order valence-corrected chi connectivity index (χ1v) is 11.6. The molecule has 0 aromatic heterocycles. The topological polar surface area (TPSA) is 55.4 Å². The van der Waals surface area contributed by atoms with Crippen molar-refractivity contribution in [3.05, 3.63) is 23.2 Å². The van der Waals surface area contributed by atoms with Crippen molar-refractivity contribution in [2.24, 2.45) is 0 Å². The molecule has 1 N–H and O–H groups in total. The zero-order chi connectivity index (χ0) is 18.5. The number of rotatable bonds is 14. The fourth-order valence-electron chi connectivity index (χ4n) is 2.68. The molecule has 0 atom stereocenters. The SMILES string of the molecule is CCCCCCCCCCCCOc1ccc(Cl)cc1NS(C)(=O)=O. The molecule has 0 fully saturated rings. The lowest BCUT2D eigenvalue weighted by molar-refractivity contribution is 0.306. The molecule has 0 radical (unpaired) electrons. The molecule has 1 rings (SSSR count). The van der Waals surface area contributed by atoms with Gasteiger partial charge in [0.1, 0.15) is 5.75 Å². The van der Waals surface area contributed by atoms with E-state index in [1.54, 1.807) is 18.2 Å². The normalized spacial score (nSPS) is 11.5. The van der Waals surface area contributed by atoms with Gasteiger partial charge < -0.3 is 4.74 Å². The Morgan fingerprint density at radius 1 is 0.960 bits per heavy atom. The van der Waals surface area contributed by atoms with E-state index < -0.39 is 10.0 Å². The number of benzene rings is 1. The predicted molar refractivity (Wildman–Crippen MR) is 107 cm³/mol. The maximum Gasteiger partial charge on any atom is 0.229 e. The minimum atomic E-state index is -3.36. The number of unbranched alkanes of at least 4 members (excludes halogenated alkanes) is 9. The molecule has 0 aliphatic carbocycles. The van der Waals surface area contributed by atoms with Crippen molar-refractivity contribution in [2.45, 2.75) is 71.1 Å². The Kier molecular flexibility index (Phi) is 11.0. The maximum absolute atomic E-state index is 11.4. The van der Waals surface area contributed by atoms with Crippen LogP contribution in [0.15, 0.2) is 18.2 Å². The third kappa shape index (κ3) is 11.3. The monoisotopic (exact) mass is 389 g/mol. The first-order chi connectivity index (χ1) is 11.9. The lowest BCUT2D eigenvalue weighted by atomic mass is 10.1. The minimum Gasteiger partial charge on any atom is -0.491 e. The van der Waals surface area contributed by atoms with E-state index in [0.29, 0.717) is 23.1 Å². The van der Waals surface area contributed by atoms with Gasteiger partial charge in [-0.3, -0.25) is 4.72 Å². The quantitative estimate of drug-likeness (QED) is 0.396. The number of hydrogen-bond donors (Lipinski definition) is 1. The second-order valence-electron chi connectivity index (χ2n) is 6.55. The highest BCUT2D eigenvalue weighted by Crippen LogP contribution is 2.29. The number of anilines is 1. The van der Waals surface area contributed by atoms with E-state index in [1.165, 1.54) is 51.4 Å². The van der Waals surface area contributed by atoms with E-state index in [2.05, 4.69) is 11.6 Å². The second-order valence-corrected chi connectivity index (χ2v) is 8.73. The highest BCUT2D eigenvalue weighted by Gasteiger charge is 2.09. The summed E-state index contributed by atoms with van der Waals surface area (Å²) in [4.78, 5) is 0. The summed E-state index contributed by atoms with van der Waals surface area (Å²) in [6.45, 7) is 2.82. The molecule has 0 saturated heterocycles. The van der Waals surface area contributed by atoms with Crippen molar-refractivity contribution in [3.8, 4) is 5.75 Å². The van der Waals surface area contributed by atoms with Crippen LogP contribution in [0.1, 0.15) is 71.1 Å². The van der Waals surface area contributed by atoms with Crippen molar-refractivity contribution in [1.82, 2.24) is 0 Å². The largest absolute Gasteiger partial charge is 0.491 e. The summed E-state index contributed by atoms with van der Waals surface area (Å²) in [6, 6.07) is 4.96. The van der Waals surface area contributed by atoms with E-state index in [9.17, 15) is 8.42 Å². The van der Waals surface area contributed by atoms with Gasteiger partial charge in [0.2, 0.25) is 10.0 Å². The van der Waals surface area contributed by atoms with Crippen LogP contribution in [0.3, 0.4) is 0 Å². The minimum absolute atomic E-state index is 0.391. The molecule has 1 aromatic rings. The summed E-state index contributed by atoms with van der Waals surface area (Å²) in [5.41, 5.74) is 0.391. The van der Waals surface area contributed by atoms with Crippen molar-refractivity contribution in [1.29, 1.82) is 0 Å². The lowest BCUT2D eigenvalue weighted by Crippen LogP contribution is -2.11. The zero-order valence-electron chi connectivity index (χ0n) is 15.5. The first kappa shape index (κ1) is 22.1. The van der Waals surface area contributed by atoms with Gasteiger partial charge in [0.05, 0.1) is 18.6 Å². The molecule has 0 saturated carbocycles. The van der Waals surface area contributed by atoms with Crippen molar-refractivity contribution >= 4 is 27.3 Å². The van der Waals surface area contributed by atoms with E-state index in [1.807, 2.05) is 0 Å². The van der Waals surface area contributed by atoms with Crippen LogP contribution in [0, 0.1) is 0 Å². The molecule has 0 spiro atoms. The van der Waals surface area contributed by atoms with Gasteiger partial charge in [-0.05, 0) is 24.6 Å². The molecule has 0 aliphatic heterocycles. The number of nitrogens with one attached hydrogen (secondary N) is 1. The van der Waals surface area contributed by atoms with Crippen LogP contribution >= 0.6 is 11.6 Å². The van der Waals surface area contributed by atoms with Gasteiger partial charge in [0.25, 0.3) is 0 Å². The molecular weight excluding hydrogens is 358 g/mol. The molecule has 6 heteroatoms. The van der Waals surface area contributed by atoms with Crippen LogP contribution < -0.4 is 9.46 Å². The smallest absolute Gasteiger partial charge is 0.229 e. The zero-order valence-corrected chi connectivity index (χ0v) is 17.1. The van der Waals surface area contributed by atoms with E-state index in [0.717, 1.165) is 19.1 Å². The van der Waals surface area contributed by atoms with Gasteiger partial charge in [-0.15, -0.1) is 0 Å². The average molecular weight is 390 g/mol. The van der Waals surface area contributed by atoms with Gasteiger partial charge in [-0.1, -0.05) is 76.3 Å². The molecular formula is C19H32ClNO3S. The van der Waals surface area contributed by atoms with Gasteiger partial charge >= 0.3 is 0 Å². The van der Waals surface area contributed by atoms with Gasteiger partial charge in [0.15, 0.2) is 0 Å². The number of ether oxygens (including phenoxy) is 1. The second kappa shape index (κ2) is 12.4. The van der Waals surface area contributed by atoms with Crippen LogP contribution in [-0.2, 0) is 10.0 Å². The first-order valence-electron chi connectivity index (χ1n) is 9.32. The van der Waals surface area contributed by atoms with Gasteiger partial charge in [-0.25, -0.2) is 8.42 Å². The van der Waals surface area contributed by atoms with Crippen LogP contribution in [-0.4, -0.2) is 21.3 Å². The summed E-state index contributed by atoms with van der Waals surface area (Å²) in [7, 11) is -3.36.